The van der Waals surface area contributed by atoms with Gasteiger partial charge >= 0.3 is 5.97 Å². The molecular formula is C13H23N3O5. The van der Waals surface area contributed by atoms with E-state index in [9.17, 15) is 19.2 Å². The summed E-state index contributed by atoms with van der Waals surface area (Å²) >= 11 is 0. The highest BCUT2D eigenvalue weighted by molar-refractivity contribution is 5.91. The predicted molar refractivity (Wildman–Crippen MR) is 75.1 cm³/mol. The molecule has 0 aromatic rings. The first kappa shape index (κ1) is 18.9. The first-order valence-corrected chi connectivity index (χ1v) is 6.72. The molecule has 5 N–H and O–H groups in total. The highest BCUT2D eigenvalue weighted by atomic mass is 16.4. The molecule has 21 heavy (non-hydrogen) atoms. The van der Waals surface area contributed by atoms with E-state index < -0.39 is 29.9 Å². The maximum Gasteiger partial charge on any atom is 0.303 e. The lowest BCUT2D eigenvalue weighted by Crippen LogP contribution is -2.53. The second-order valence-electron chi connectivity index (χ2n) is 5.28. The Hall–Kier alpha value is -2.12. The highest BCUT2D eigenvalue weighted by Gasteiger charge is 2.25. The molecule has 0 rings (SSSR count). The molecule has 0 aliphatic heterocycles. The van der Waals surface area contributed by atoms with Crippen LogP contribution in [0.15, 0.2) is 0 Å². The average molecular weight is 301 g/mol. The average Bonchev–Trinajstić information content (AvgIpc) is 2.31. The Morgan fingerprint density at radius 1 is 1.10 bits per heavy atom. The van der Waals surface area contributed by atoms with Crippen molar-refractivity contribution < 1.29 is 24.3 Å². The van der Waals surface area contributed by atoms with Gasteiger partial charge in [-0.25, -0.2) is 0 Å². The minimum Gasteiger partial charge on any atom is -0.481 e. The molecule has 8 heteroatoms. The van der Waals surface area contributed by atoms with Gasteiger partial charge in [0, 0.05) is 13.3 Å². The third-order valence-corrected chi connectivity index (χ3v) is 2.71. The largest absolute Gasteiger partial charge is 0.481 e. The molecule has 0 aliphatic carbocycles. The van der Waals surface area contributed by atoms with Crippen molar-refractivity contribution in [3.63, 3.8) is 0 Å². The lowest BCUT2D eigenvalue weighted by atomic mass is 10.0. The predicted octanol–water partition coefficient (Wildman–Crippen LogP) is -0.628. The normalized spacial score (nSPS) is 13.3. The van der Waals surface area contributed by atoms with Gasteiger partial charge in [0.25, 0.3) is 0 Å². The number of nitrogens with two attached hydrogens (primary N) is 1. The maximum absolute atomic E-state index is 12.1. The topological polar surface area (TPSA) is 139 Å². The lowest BCUT2D eigenvalue weighted by molar-refractivity contribution is -0.137. The number of hydrogen-bond acceptors (Lipinski definition) is 4. The number of rotatable bonds is 9. The zero-order chi connectivity index (χ0) is 16.6. The number of carboxylic acid groups (broad SMARTS) is 1. The van der Waals surface area contributed by atoms with E-state index in [2.05, 4.69) is 10.6 Å². The van der Waals surface area contributed by atoms with Crippen molar-refractivity contribution in [3.8, 4) is 0 Å². The fourth-order valence-corrected chi connectivity index (χ4v) is 1.77. The molecule has 3 amide bonds. The van der Waals surface area contributed by atoms with Crippen molar-refractivity contribution in [2.45, 2.75) is 52.1 Å². The van der Waals surface area contributed by atoms with Gasteiger partial charge in [-0.3, -0.25) is 19.2 Å². The van der Waals surface area contributed by atoms with Crippen molar-refractivity contribution in [2.24, 2.45) is 11.7 Å². The van der Waals surface area contributed by atoms with Gasteiger partial charge in [-0.15, -0.1) is 0 Å². The van der Waals surface area contributed by atoms with Crippen molar-refractivity contribution in [3.05, 3.63) is 0 Å². The number of carboxylic acids is 1. The van der Waals surface area contributed by atoms with Crippen LogP contribution >= 0.6 is 0 Å². The van der Waals surface area contributed by atoms with E-state index in [1.165, 1.54) is 6.92 Å². The van der Waals surface area contributed by atoms with Gasteiger partial charge in [0.05, 0.1) is 0 Å². The summed E-state index contributed by atoms with van der Waals surface area (Å²) in [6, 6.07) is -1.86. The molecule has 0 bridgehead atoms. The molecule has 0 radical (unpaired) electrons. The van der Waals surface area contributed by atoms with Crippen LogP contribution in [0.3, 0.4) is 0 Å². The second-order valence-corrected chi connectivity index (χ2v) is 5.28. The number of carbonyl (C=O) groups is 4. The Morgan fingerprint density at radius 3 is 2.05 bits per heavy atom. The summed E-state index contributed by atoms with van der Waals surface area (Å²) in [5.41, 5.74) is 5.14. The van der Waals surface area contributed by atoms with E-state index in [0.717, 1.165) is 0 Å². The van der Waals surface area contributed by atoms with Gasteiger partial charge in [-0.05, 0) is 18.8 Å². The molecule has 0 saturated heterocycles. The summed E-state index contributed by atoms with van der Waals surface area (Å²) in [5.74, 6) is -2.66. The molecule has 0 unspecified atom stereocenters. The van der Waals surface area contributed by atoms with Crippen molar-refractivity contribution in [1.82, 2.24) is 10.6 Å². The van der Waals surface area contributed by atoms with E-state index >= 15 is 0 Å². The van der Waals surface area contributed by atoms with Crippen LogP contribution in [0.25, 0.3) is 0 Å². The Morgan fingerprint density at radius 2 is 1.67 bits per heavy atom. The Bertz CT molecular complexity index is 409. The Labute approximate surface area is 123 Å². The third-order valence-electron chi connectivity index (χ3n) is 2.71. The van der Waals surface area contributed by atoms with Crippen LogP contribution in [0.2, 0.25) is 0 Å². The van der Waals surface area contributed by atoms with Crippen LogP contribution in [0, 0.1) is 5.92 Å². The number of hydrogen-bond donors (Lipinski definition) is 4. The van der Waals surface area contributed by atoms with Crippen LogP contribution in [-0.4, -0.2) is 40.9 Å². The molecule has 0 spiro atoms. The van der Waals surface area contributed by atoms with Crippen LogP contribution in [0.4, 0.5) is 0 Å². The van der Waals surface area contributed by atoms with Crippen molar-refractivity contribution in [1.29, 1.82) is 0 Å². The monoisotopic (exact) mass is 301 g/mol. The molecular weight excluding hydrogens is 278 g/mol. The maximum atomic E-state index is 12.1. The highest BCUT2D eigenvalue weighted by Crippen LogP contribution is 2.06. The summed E-state index contributed by atoms with van der Waals surface area (Å²) in [6.07, 6.45) is 0.0174. The molecule has 0 saturated carbocycles. The fraction of sp³-hybridized carbons (Fsp3) is 0.692. The summed E-state index contributed by atoms with van der Waals surface area (Å²) in [7, 11) is 0. The second kappa shape index (κ2) is 8.93. The minimum absolute atomic E-state index is 0.0924. The van der Waals surface area contributed by atoms with Crippen LogP contribution in [0.1, 0.15) is 40.0 Å². The van der Waals surface area contributed by atoms with E-state index in [-0.39, 0.29) is 24.7 Å². The fourth-order valence-electron chi connectivity index (χ4n) is 1.77. The van der Waals surface area contributed by atoms with Gasteiger partial charge in [0.15, 0.2) is 0 Å². The molecule has 2 atom stereocenters. The molecule has 0 fully saturated rings. The molecule has 0 aromatic carbocycles. The van der Waals surface area contributed by atoms with Gasteiger partial charge in [0.1, 0.15) is 12.1 Å². The third kappa shape index (κ3) is 8.61. The summed E-state index contributed by atoms with van der Waals surface area (Å²) < 4.78 is 0. The number of carbonyl (C=O) groups excluding carboxylic acids is 3. The van der Waals surface area contributed by atoms with Crippen LogP contribution < -0.4 is 16.4 Å². The quantitative estimate of drug-likeness (QED) is 0.449. The van der Waals surface area contributed by atoms with Crippen LogP contribution in [0.5, 0.6) is 0 Å². The number of nitrogens with one attached hydrogen (secondary N) is 2. The number of primary amides is 1. The van der Waals surface area contributed by atoms with E-state index in [4.69, 9.17) is 10.8 Å². The molecule has 0 aliphatic rings. The molecule has 0 heterocycles. The molecule has 120 valence electrons. The molecule has 0 aromatic heterocycles. The van der Waals surface area contributed by atoms with E-state index in [1.54, 1.807) is 0 Å². The zero-order valence-corrected chi connectivity index (χ0v) is 12.5. The first-order valence-electron chi connectivity index (χ1n) is 6.72. The van der Waals surface area contributed by atoms with Crippen LogP contribution in [-0.2, 0) is 19.2 Å². The number of amides is 3. The first-order chi connectivity index (χ1) is 9.63. The minimum atomic E-state index is -1.09. The standard InChI is InChI=1S/C13H23N3O5/c1-7(2)6-10(15-8(3)17)13(21)16-9(12(14)20)4-5-11(18)19/h7,9-10H,4-6H2,1-3H3,(H2,14,20)(H,15,17)(H,16,21)(H,18,19)/t9-,10+/m1/s1. The van der Waals surface area contributed by atoms with E-state index in [0.29, 0.717) is 6.42 Å². The van der Waals surface area contributed by atoms with E-state index in [1.807, 2.05) is 13.8 Å². The lowest BCUT2D eigenvalue weighted by Gasteiger charge is -2.22. The zero-order valence-electron chi connectivity index (χ0n) is 12.5. The summed E-state index contributed by atoms with van der Waals surface area (Å²) in [5, 5.41) is 13.5. The van der Waals surface area contributed by atoms with Gasteiger partial charge in [0.2, 0.25) is 17.7 Å². The van der Waals surface area contributed by atoms with Gasteiger partial charge in [-0.1, -0.05) is 13.8 Å². The SMILES string of the molecule is CC(=O)N[C@@H](CC(C)C)C(=O)N[C@H](CCC(=O)O)C(N)=O. The Kier molecular flexibility index (Phi) is 8.03. The number of aliphatic carboxylic acids is 1. The van der Waals surface area contributed by atoms with Crippen molar-refractivity contribution >= 4 is 23.7 Å². The summed E-state index contributed by atoms with van der Waals surface area (Å²) in [6.45, 7) is 5.06. The molecule has 8 nitrogen and oxygen atoms in total. The Balaban J connectivity index is 4.76. The summed E-state index contributed by atoms with van der Waals surface area (Å²) in [4.78, 5) is 45.0. The van der Waals surface area contributed by atoms with Gasteiger partial charge in [-0.2, -0.15) is 0 Å². The van der Waals surface area contributed by atoms with Crippen molar-refractivity contribution in [2.75, 3.05) is 0 Å². The van der Waals surface area contributed by atoms with Gasteiger partial charge < -0.3 is 21.5 Å². The smallest absolute Gasteiger partial charge is 0.303 e.